The minimum Gasteiger partial charge on any atom is -0.381 e. The Bertz CT molecular complexity index is 635. The fourth-order valence-corrected chi connectivity index (χ4v) is 3.20. The summed E-state index contributed by atoms with van der Waals surface area (Å²) in [4.78, 5) is 11.7. The molecule has 3 N–H and O–H groups in total. The number of hydrogen-bond acceptors (Lipinski definition) is 4. The van der Waals surface area contributed by atoms with Gasteiger partial charge in [0.25, 0.3) is 0 Å². The van der Waals surface area contributed by atoms with Gasteiger partial charge in [0, 0.05) is 25.2 Å². The van der Waals surface area contributed by atoms with E-state index in [0.29, 0.717) is 26.1 Å². The zero-order valence-corrected chi connectivity index (χ0v) is 13.0. The number of benzene rings is 1. The smallest absolute Gasteiger partial charge is 0.233 e. The molecule has 1 aromatic carbocycles. The summed E-state index contributed by atoms with van der Waals surface area (Å²) < 4.78 is 31.7. The van der Waals surface area contributed by atoms with Crippen LogP contribution in [0.1, 0.15) is 18.4 Å². The molecule has 1 amide bonds. The van der Waals surface area contributed by atoms with E-state index in [1.165, 1.54) is 6.08 Å². The maximum absolute atomic E-state index is 12.0. The highest BCUT2D eigenvalue weighted by atomic mass is 32.2. The Labute approximate surface area is 130 Å². The van der Waals surface area contributed by atoms with Crippen LogP contribution in [0.15, 0.2) is 35.7 Å². The molecule has 2 rings (SSSR count). The van der Waals surface area contributed by atoms with Gasteiger partial charge in [-0.1, -0.05) is 30.3 Å². The van der Waals surface area contributed by atoms with Crippen LogP contribution in [0.25, 0.3) is 6.08 Å². The van der Waals surface area contributed by atoms with Crippen molar-refractivity contribution >= 4 is 22.0 Å². The van der Waals surface area contributed by atoms with Gasteiger partial charge in [-0.25, -0.2) is 13.1 Å². The first-order valence-corrected chi connectivity index (χ1v) is 8.59. The summed E-state index contributed by atoms with van der Waals surface area (Å²) in [5.74, 6) is -0.495. The minimum absolute atomic E-state index is 0.00679. The normalized spacial score (nSPS) is 18.4. The van der Waals surface area contributed by atoms with Crippen LogP contribution >= 0.6 is 0 Å². The Morgan fingerprint density at radius 2 is 1.91 bits per heavy atom. The van der Waals surface area contributed by atoms with Crippen LogP contribution in [0, 0.1) is 5.41 Å². The van der Waals surface area contributed by atoms with Crippen LogP contribution in [0.4, 0.5) is 0 Å². The van der Waals surface area contributed by atoms with Crippen molar-refractivity contribution in [3.63, 3.8) is 0 Å². The largest absolute Gasteiger partial charge is 0.381 e. The molecule has 1 saturated heterocycles. The van der Waals surface area contributed by atoms with Gasteiger partial charge in [0.15, 0.2) is 0 Å². The van der Waals surface area contributed by atoms with Crippen molar-refractivity contribution in [2.24, 2.45) is 11.1 Å². The summed E-state index contributed by atoms with van der Waals surface area (Å²) in [5, 5.41) is 1.09. The third-order valence-corrected chi connectivity index (χ3v) is 4.86. The van der Waals surface area contributed by atoms with Gasteiger partial charge >= 0.3 is 0 Å². The second-order valence-electron chi connectivity index (χ2n) is 5.34. The quantitative estimate of drug-likeness (QED) is 0.811. The summed E-state index contributed by atoms with van der Waals surface area (Å²) in [5.41, 5.74) is 5.36. The first-order valence-electron chi connectivity index (χ1n) is 7.04. The number of sulfonamides is 1. The predicted molar refractivity (Wildman–Crippen MR) is 84.1 cm³/mol. The molecule has 1 fully saturated rings. The Hall–Kier alpha value is -1.70. The van der Waals surface area contributed by atoms with Gasteiger partial charge in [0.05, 0.1) is 5.41 Å². The molecule has 0 spiro atoms. The molecule has 0 saturated carbocycles. The summed E-state index contributed by atoms with van der Waals surface area (Å²) in [7, 11) is -3.63. The monoisotopic (exact) mass is 324 g/mol. The highest BCUT2D eigenvalue weighted by Crippen LogP contribution is 2.29. The molecule has 120 valence electrons. The summed E-state index contributed by atoms with van der Waals surface area (Å²) in [6.07, 6.45) is 2.35. The molecule has 22 heavy (non-hydrogen) atoms. The van der Waals surface area contributed by atoms with Crippen molar-refractivity contribution in [3.8, 4) is 0 Å². The first-order chi connectivity index (χ1) is 10.4. The molecule has 0 radical (unpaired) electrons. The molecule has 0 aliphatic carbocycles. The topological polar surface area (TPSA) is 98.5 Å². The van der Waals surface area contributed by atoms with E-state index in [1.54, 1.807) is 12.1 Å². The first kappa shape index (κ1) is 16.7. The Morgan fingerprint density at radius 3 is 2.50 bits per heavy atom. The van der Waals surface area contributed by atoms with E-state index in [1.807, 2.05) is 18.2 Å². The average Bonchev–Trinajstić information content (AvgIpc) is 2.53. The fraction of sp³-hybridized carbons (Fsp3) is 0.400. The maximum atomic E-state index is 12.0. The van der Waals surface area contributed by atoms with Gasteiger partial charge in [-0.3, -0.25) is 4.79 Å². The molecule has 1 heterocycles. The SMILES string of the molecule is NC(=O)C1(CNS(=O)(=O)/C=C\c2ccccc2)CCOCC1. The predicted octanol–water partition coefficient (Wildman–Crippen LogP) is 0.859. The van der Waals surface area contributed by atoms with Crippen LogP contribution in [-0.2, 0) is 19.6 Å². The highest BCUT2D eigenvalue weighted by molar-refractivity contribution is 7.92. The molecular formula is C15H20N2O4S. The Morgan fingerprint density at radius 1 is 1.27 bits per heavy atom. The zero-order chi connectivity index (χ0) is 16.1. The number of primary amides is 1. The van der Waals surface area contributed by atoms with E-state index in [0.717, 1.165) is 11.0 Å². The number of nitrogens with one attached hydrogen (secondary N) is 1. The number of ether oxygens (including phenoxy) is 1. The van der Waals surface area contributed by atoms with Crippen molar-refractivity contribution in [2.45, 2.75) is 12.8 Å². The van der Waals surface area contributed by atoms with Crippen LogP contribution in [0.3, 0.4) is 0 Å². The lowest BCUT2D eigenvalue weighted by atomic mass is 9.80. The number of carbonyl (C=O) groups is 1. The highest BCUT2D eigenvalue weighted by Gasteiger charge is 2.39. The summed E-state index contributed by atoms with van der Waals surface area (Å²) in [6, 6.07) is 9.10. The van der Waals surface area contributed by atoms with E-state index in [-0.39, 0.29) is 6.54 Å². The number of amides is 1. The van der Waals surface area contributed by atoms with Crippen LogP contribution in [0.5, 0.6) is 0 Å². The molecule has 0 bridgehead atoms. The molecule has 6 nitrogen and oxygen atoms in total. The van der Waals surface area contributed by atoms with Gasteiger partial charge in [-0.15, -0.1) is 0 Å². The second kappa shape index (κ2) is 7.04. The van der Waals surface area contributed by atoms with Crippen LogP contribution in [-0.4, -0.2) is 34.1 Å². The fourth-order valence-electron chi connectivity index (χ4n) is 2.29. The molecule has 0 unspecified atom stereocenters. The van der Waals surface area contributed by atoms with Crippen molar-refractivity contribution in [1.29, 1.82) is 0 Å². The van der Waals surface area contributed by atoms with Gasteiger partial charge in [0.2, 0.25) is 15.9 Å². The van der Waals surface area contributed by atoms with Crippen LogP contribution < -0.4 is 10.5 Å². The van der Waals surface area contributed by atoms with Crippen molar-refractivity contribution in [2.75, 3.05) is 19.8 Å². The number of carbonyl (C=O) groups excluding carboxylic acids is 1. The second-order valence-corrected chi connectivity index (χ2v) is 6.99. The van der Waals surface area contributed by atoms with E-state index in [9.17, 15) is 13.2 Å². The lowest BCUT2D eigenvalue weighted by Crippen LogP contribution is -2.49. The van der Waals surface area contributed by atoms with Crippen LogP contribution in [0.2, 0.25) is 0 Å². The summed E-state index contributed by atoms with van der Waals surface area (Å²) in [6.45, 7) is 0.808. The molecule has 7 heteroatoms. The van der Waals surface area contributed by atoms with Gasteiger partial charge in [-0.2, -0.15) is 0 Å². The van der Waals surface area contributed by atoms with E-state index < -0.39 is 21.3 Å². The van der Waals surface area contributed by atoms with Gasteiger partial charge in [0.1, 0.15) is 0 Å². The number of hydrogen-bond donors (Lipinski definition) is 2. The van der Waals surface area contributed by atoms with E-state index in [2.05, 4.69) is 4.72 Å². The number of rotatable bonds is 6. The third-order valence-electron chi connectivity index (χ3n) is 3.82. The van der Waals surface area contributed by atoms with Crippen molar-refractivity contribution < 1.29 is 17.9 Å². The van der Waals surface area contributed by atoms with Crippen molar-refractivity contribution in [1.82, 2.24) is 4.72 Å². The molecular weight excluding hydrogens is 304 g/mol. The van der Waals surface area contributed by atoms with E-state index >= 15 is 0 Å². The van der Waals surface area contributed by atoms with Crippen molar-refractivity contribution in [3.05, 3.63) is 41.3 Å². The number of nitrogens with two attached hydrogens (primary N) is 1. The zero-order valence-electron chi connectivity index (χ0n) is 12.2. The summed E-state index contributed by atoms with van der Waals surface area (Å²) >= 11 is 0. The standard InChI is InChI=1S/C15H20N2O4S/c16-14(18)15(7-9-21-10-8-15)12-17-22(19,20)11-6-13-4-2-1-3-5-13/h1-6,11,17H,7-10,12H2,(H2,16,18)/b11-6-. The van der Waals surface area contributed by atoms with E-state index in [4.69, 9.17) is 10.5 Å². The van der Waals surface area contributed by atoms with Gasteiger partial charge < -0.3 is 10.5 Å². The lowest BCUT2D eigenvalue weighted by molar-refractivity contribution is -0.132. The Balaban J connectivity index is 2.02. The molecule has 1 aromatic rings. The van der Waals surface area contributed by atoms with Gasteiger partial charge in [-0.05, 0) is 24.5 Å². The molecule has 1 aliphatic heterocycles. The molecule has 1 aliphatic rings. The lowest BCUT2D eigenvalue weighted by Gasteiger charge is -2.33. The molecule has 0 aromatic heterocycles. The maximum Gasteiger partial charge on any atom is 0.233 e. The third kappa shape index (κ3) is 4.40. The Kier molecular flexibility index (Phi) is 5.33. The average molecular weight is 324 g/mol. The molecule has 0 atom stereocenters. The minimum atomic E-state index is -3.63.